The highest BCUT2D eigenvalue weighted by Crippen LogP contribution is 2.39. The summed E-state index contributed by atoms with van der Waals surface area (Å²) in [5.74, 6) is 0. The van der Waals surface area contributed by atoms with E-state index in [0.717, 1.165) is 17.2 Å². The van der Waals surface area contributed by atoms with Crippen molar-refractivity contribution in [3.8, 4) is 0 Å². The molecule has 0 atom stereocenters. The summed E-state index contributed by atoms with van der Waals surface area (Å²) >= 11 is 0. The highest BCUT2D eigenvalue weighted by molar-refractivity contribution is 6.00. The van der Waals surface area contributed by atoms with Crippen molar-refractivity contribution >= 4 is 33.8 Å². The molecule has 1 N–H and O–H groups in total. The van der Waals surface area contributed by atoms with Crippen LogP contribution in [0.5, 0.6) is 0 Å². The normalized spacial score (nSPS) is 10.8. The van der Waals surface area contributed by atoms with E-state index in [1.165, 1.54) is 0 Å². The number of hydrogen-bond acceptors (Lipinski definition) is 8. The van der Waals surface area contributed by atoms with E-state index in [2.05, 4.69) is 20.3 Å². The molecule has 122 valence electrons. The Morgan fingerprint density at radius 3 is 2.25 bits per heavy atom. The van der Waals surface area contributed by atoms with Gasteiger partial charge in [0.25, 0.3) is 0 Å². The first-order valence-corrected chi connectivity index (χ1v) is 6.81. The smallest absolute Gasteiger partial charge is 0.307 e. The molecule has 24 heavy (non-hydrogen) atoms. The molecule has 0 fully saturated rings. The first-order valence-electron chi connectivity index (χ1n) is 6.81. The Hall–Kier alpha value is -3.56. The van der Waals surface area contributed by atoms with Crippen LogP contribution in [0.3, 0.4) is 0 Å². The Kier molecular flexibility index (Phi) is 3.56. The van der Waals surface area contributed by atoms with Crippen LogP contribution in [0, 0.1) is 34.1 Å². The van der Waals surface area contributed by atoms with Gasteiger partial charge in [0.15, 0.2) is 5.52 Å². The lowest BCUT2D eigenvalue weighted by molar-refractivity contribution is -0.392. The summed E-state index contributed by atoms with van der Waals surface area (Å²) in [4.78, 5) is 20.9. The van der Waals surface area contributed by atoms with E-state index >= 15 is 0 Å². The van der Waals surface area contributed by atoms with Crippen LogP contribution in [0.1, 0.15) is 11.1 Å². The standard InChI is InChI=1S/C14H11N5O5/c1-7-3-4-9(5-8(7)2)15-12-10(18(20)21)6-11(19(22)23)13-14(12)17-24-16-13/h3-6,15H,1-2H3. The summed E-state index contributed by atoms with van der Waals surface area (Å²) in [7, 11) is 0. The first-order chi connectivity index (χ1) is 11.4. The van der Waals surface area contributed by atoms with E-state index in [-0.39, 0.29) is 16.7 Å². The van der Waals surface area contributed by atoms with Gasteiger partial charge in [0.2, 0.25) is 5.52 Å². The summed E-state index contributed by atoms with van der Waals surface area (Å²) in [6.07, 6.45) is 0. The fraction of sp³-hybridized carbons (Fsp3) is 0.143. The van der Waals surface area contributed by atoms with Gasteiger partial charge in [0.1, 0.15) is 5.69 Å². The number of benzene rings is 2. The fourth-order valence-electron chi connectivity index (χ4n) is 2.28. The summed E-state index contributed by atoms with van der Waals surface area (Å²) in [6, 6.07) is 6.25. The molecule has 0 amide bonds. The van der Waals surface area contributed by atoms with Crippen LogP contribution in [0.25, 0.3) is 11.0 Å². The van der Waals surface area contributed by atoms with Gasteiger partial charge in [-0.2, -0.15) is 0 Å². The average molecular weight is 329 g/mol. The lowest BCUT2D eigenvalue weighted by Gasteiger charge is -2.09. The Morgan fingerprint density at radius 2 is 1.62 bits per heavy atom. The minimum atomic E-state index is -0.765. The van der Waals surface area contributed by atoms with Gasteiger partial charge >= 0.3 is 11.4 Å². The van der Waals surface area contributed by atoms with Gasteiger partial charge in [-0.25, -0.2) is 4.63 Å². The zero-order valence-electron chi connectivity index (χ0n) is 12.6. The molecule has 2 aromatic carbocycles. The molecule has 0 radical (unpaired) electrons. The minimum absolute atomic E-state index is 0.00916. The number of non-ortho nitro benzene ring substituents is 1. The number of nitrogens with one attached hydrogen (secondary N) is 1. The van der Waals surface area contributed by atoms with Gasteiger partial charge < -0.3 is 5.32 Å². The van der Waals surface area contributed by atoms with Gasteiger partial charge in [-0.1, -0.05) is 6.07 Å². The number of aromatic nitrogens is 2. The van der Waals surface area contributed by atoms with Crippen molar-refractivity contribution in [1.29, 1.82) is 0 Å². The van der Waals surface area contributed by atoms with Crippen molar-refractivity contribution in [1.82, 2.24) is 10.3 Å². The molecule has 0 aliphatic rings. The van der Waals surface area contributed by atoms with Crippen LogP contribution in [0.2, 0.25) is 0 Å². The number of nitrogens with zero attached hydrogens (tertiary/aromatic N) is 4. The number of nitro benzene ring substituents is 2. The number of aryl methyl sites for hydroxylation is 2. The quantitative estimate of drug-likeness (QED) is 0.567. The predicted octanol–water partition coefficient (Wildman–Crippen LogP) is 3.40. The maximum atomic E-state index is 11.3. The molecule has 0 unspecified atom stereocenters. The van der Waals surface area contributed by atoms with Crippen LogP contribution in [-0.4, -0.2) is 20.2 Å². The lowest BCUT2D eigenvalue weighted by atomic mass is 10.1. The molecular weight excluding hydrogens is 318 g/mol. The number of hydrogen-bond donors (Lipinski definition) is 1. The van der Waals surface area contributed by atoms with Crippen molar-refractivity contribution < 1.29 is 14.5 Å². The monoisotopic (exact) mass is 329 g/mol. The molecule has 0 saturated heterocycles. The third-order valence-electron chi connectivity index (χ3n) is 3.67. The second kappa shape index (κ2) is 5.57. The highest BCUT2D eigenvalue weighted by atomic mass is 16.6. The van der Waals surface area contributed by atoms with E-state index in [1.54, 1.807) is 12.1 Å². The second-order valence-corrected chi connectivity index (χ2v) is 5.19. The maximum Gasteiger partial charge on any atom is 0.307 e. The van der Waals surface area contributed by atoms with E-state index < -0.39 is 21.2 Å². The largest absolute Gasteiger partial charge is 0.348 e. The molecule has 0 aliphatic heterocycles. The van der Waals surface area contributed by atoms with Crippen LogP contribution < -0.4 is 5.32 Å². The molecule has 3 aromatic rings. The Bertz CT molecular complexity index is 981. The van der Waals surface area contributed by atoms with Crippen LogP contribution >= 0.6 is 0 Å². The van der Waals surface area contributed by atoms with E-state index in [0.29, 0.717) is 5.69 Å². The summed E-state index contributed by atoms with van der Waals surface area (Å²) in [5, 5.41) is 32.4. The number of fused-ring (bicyclic) bond motifs is 1. The summed E-state index contributed by atoms with van der Waals surface area (Å²) in [5.41, 5.74) is 1.37. The molecular formula is C14H11N5O5. The van der Waals surface area contributed by atoms with Gasteiger partial charge in [0, 0.05) is 5.69 Å². The van der Waals surface area contributed by atoms with E-state index in [9.17, 15) is 20.2 Å². The van der Waals surface area contributed by atoms with Crippen molar-refractivity contribution in [2.75, 3.05) is 5.32 Å². The summed E-state index contributed by atoms with van der Waals surface area (Å²) < 4.78 is 4.54. The van der Waals surface area contributed by atoms with Crippen molar-refractivity contribution in [2.45, 2.75) is 13.8 Å². The number of anilines is 2. The van der Waals surface area contributed by atoms with Crippen molar-refractivity contribution in [3.05, 3.63) is 55.6 Å². The summed E-state index contributed by atoms with van der Waals surface area (Å²) in [6.45, 7) is 3.84. The van der Waals surface area contributed by atoms with Gasteiger partial charge in [-0.3, -0.25) is 20.2 Å². The Labute approximate surface area is 134 Å². The molecule has 0 aliphatic carbocycles. The number of nitro groups is 2. The van der Waals surface area contributed by atoms with Crippen LogP contribution in [0.15, 0.2) is 28.9 Å². The SMILES string of the molecule is Cc1ccc(Nc2c([N+](=O)[O-])cc([N+](=O)[O-])c3nonc23)cc1C. The Morgan fingerprint density at radius 1 is 0.958 bits per heavy atom. The highest BCUT2D eigenvalue weighted by Gasteiger charge is 2.29. The molecule has 1 aromatic heterocycles. The molecule has 3 rings (SSSR count). The first kappa shape index (κ1) is 15.3. The predicted molar refractivity (Wildman–Crippen MR) is 84.3 cm³/mol. The molecule has 10 heteroatoms. The maximum absolute atomic E-state index is 11.3. The molecule has 0 bridgehead atoms. The van der Waals surface area contributed by atoms with Gasteiger partial charge in [0.05, 0.1) is 15.9 Å². The van der Waals surface area contributed by atoms with Gasteiger partial charge in [-0.15, -0.1) is 0 Å². The fourth-order valence-corrected chi connectivity index (χ4v) is 2.28. The Balaban J connectivity index is 2.22. The zero-order valence-corrected chi connectivity index (χ0v) is 12.6. The molecule has 1 heterocycles. The third-order valence-corrected chi connectivity index (χ3v) is 3.67. The van der Waals surface area contributed by atoms with Crippen LogP contribution in [0.4, 0.5) is 22.7 Å². The lowest BCUT2D eigenvalue weighted by Crippen LogP contribution is -2.01. The second-order valence-electron chi connectivity index (χ2n) is 5.19. The van der Waals surface area contributed by atoms with Gasteiger partial charge in [-0.05, 0) is 47.4 Å². The van der Waals surface area contributed by atoms with Crippen molar-refractivity contribution in [2.24, 2.45) is 0 Å². The van der Waals surface area contributed by atoms with Crippen LogP contribution in [-0.2, 0) is 0 Å². The minimum Gasteiger partial charge on any atom is -0.348 e. The third kappa shape index (κ3) is 2.49. The zero-order chi connectivity index (χ0) is 17.4. The molecule has 10 nitrogen and oxygen atoms in total. The number of rotatable bonds is 4. The van der Waals surface area contributed by atoms with E-state index in [4.69, 9.17) is 0 Å². The molecule has 0 spiro atoms. The topological polar surface area (TPSA) is 137 Å². The molecule has 0 saturated carbocycles. The average Bonchev–Trinajstić information content (AvgIpc) is 3.00. The van der Waals surface area contributed by atoms with Crippen molar-refractivity contribution in [3.63, 3.8) is 0 Å². The van der Waals surface area contributed by atoms with E-state index in [1.807, 2.05) is 19.9 Å².